The molecule has 0 amide bonds. The topological polar surface area (TPSA) is 97.4 Å². The number of ether oxygens (including phenoxy) is 5. The number of carbonyl (C=O) groups excluding carboxylic acids is 3. The van der Waals surface area contributed by atoms with Crippen LogP contribution in [0.3, 0.4) is 0 Å². The highest BCUT2D eigenvalue weighted by Crippen LogP contribution is 2.30. The van der Waals surface area contributed by atoms with Gasteiger partial charge in [-0.15, -0.1) is 0 Å². The predicted octanol–water partition coefficient (Wildman–Crippen LogP) is 0.901. The summed E-state index contributed by atoms with van der Waals surface area (Å²) in [6, 6.07) is 0. The number of hydrogen-bond donors (Lipinski definition) is 0. The van der Waals surface area contributed by atoms with Gasteiger partial charge in [-0.1, -0.05) is 0 Å². The SMILES string of the molecule is CC(=O)OCC1O[C@@H](OC(C)C)C(F)C(OC(C)=O)[C@@H]1OC(C)=O. The van der Waals surface area contributed by atoms with Gasteiger partial charge >= 0.3 is 17.9 Å². The summed E-state index contributed by atoms with van der Waals surface area (Å²) in [5, 5.41) is 0. The van der Waals surface area contributed by atoms with E-state index in [1.165, 1.54) is 6.92 Å². The molecule has 9 heteroatoms. The van der Waals surface area contributed by atoms with Crippen LogP contribution in [0.25, 0.3) is 0 Å². The third kappa shape index (κ3) is 6.04. The van der Waals surface area contributed by atoms with E-state index in [0.29, 0.717) is 0 Å². The van der Waals surface area contributed by atoms with E-state index in [2.05, 4.69) is 0 Å². The molecule has 1 saturated heterocycles. The molecule has 0 aromatic heterocycles. The summed E-state index contributed by atoms with van der Waals surface area (Å²) in [5.41, 5.74) is 0. The summed E-state index contributed by atoms with van der Waals surface area (Å²) in [6.07, 6.45) is -7.36. The Morgan fingerprint density at radius 3 is 2.00 bits per heavy atom. The van der Waals surface area contributed by atoms with Crippen LogP contribution < -0.4 is 0 Å². The summed E-state index contributed by atoms with van der Waals surface area (Å²) in [6.45, 7) is 6.46. The zero-order valence-corrected chi connectivity index (χ0v) is 14.3. The Balaban J connectivity index is 3.06. The highest BCUT2D eigenvalue weighted by molar-refractivity contribution is 5.67. The first kappa shape index (κ1) is 20.3. The average molecular weight is 350 g/mol. The fourth-order valence-electron chi connectivity index (χ4n) is 2.24. The normalized spacial score (nSPS) is 29.9. The Labute approximate surface area is 139 Å². The number of carbonyl (C=O) groups is 3. The van der Waals surface area contributed by atoms with Crippen LogP contribution >= 0.6 is 0 Å². The zero-order valence-electron chi connectivity index (χ0n) is 14.3. The number of halogens is 1. The molecule has 24 heavy (non-hydrogen) atoms. The Morgan fingerprint density at radius 2 is 1.54 bits per heavy atom. The number of esters is 3. The van der Waals surface area contributed by atoms with Crippen molar-refractivity contribution in [1.82, 2.24) is 0 Å². The lowest BCUT2D eigenvalue weighted by atomic mass is 9.99. The maximum atomic E-state index is 14.7. The first-order valence-corrected chi connectivity index (χ1v) is 7.54. The highest BCUT2D eigenvalue weighted by Gasteiger charge is 2.51. The predicted molar refractivity (Wildman–Crippen MR) is 77.5 cm³/mol. The van der Waals surface area contributed by atoms with Gasteiger partial charge in [0.15, 0.2) is 24.7 Å². The van der Waals surface area contributed by atoms with Crippen molar-refractivity contribution in [1.29, 1.82) is 0 Å². The van der Waals surface area contributed by atoms with Gasteiger partial charge in [0.05, 0.1) is 6.10 Å². The quantitative estimate of drug-likeness (QED) is 0.515. The minimum Gasteiger partial charge on any atom is -0.463 e. The van der Waals surface area contributed by atoms with Crippen molar-refractivity contribution in [3.05, 3.63) is 0 Å². The molecule has 1 aliphatic rings. The van der Waals surface area contributed by atoms with Gasteiger partial charge in [0.2, 0.25) is 0 Å². The maximum Gasteiger partial charge on any atom is 0.303 e. The zero-order chi connectivity index (χ0) is 18.4. The monoisotopic (exact) mass is 350 g/mol. The molecule has 5 atom stereocenters. The van der Waals surface area contributed by atoms with Crippen LogP contribution in [0.4, 0.5) is 4.39 Å². The molecule has 138 valence electrons. The van der Waals surface area contributed by atoms with Crippen LogP contribution in [-0.2, 0) is 38.1 Å². The second-order valence-electron chi connectivity index (χ2n) is 5.62. The van der Waals surface area contributed by atoms with E-state index in [1.54, 1.807) is 13.8 Å². The highest BCUT2D eigenvalue weighted by atomic mass is 19.1. The molecule has 1 aliphatic heterocycles. The van der Waals surface area contributed by atoms with Crippen LogP contribution in [0.1, 0.15) is 34.6 Å². The van der Waals surface area contributed by atoms with Gasteiger partial charge in [0.25, 0.3) is 0 Å². The van der Waals surface area contributed by atoms with Crippen LogP contribution in [0.2, 0.25) is 0 Å². The molecule has 3 unspecified atom stereocenters. The molecule has 8 nitrogen and oxygen atoms in total. The van der Waals surface area contributed by atoms with E-state index in [9.17, 15) is 18.8 Å². The number of alkyl halides is 1. The van der Waals surface area contributed by atoms with Crippen LogP contribution in [-0.4, -0.2) is 61.4 Å². The lowest BCUT2D eigenvalue weighted by Gasteiger charge is -2.42. The molecule has 0 radical (unpaired) electrons. The molecule has 1 rings (SSSR count). The van der Waals surface area contributed by atoms with E-state index >= 15 is 0 Å². The van der Waals surface area contributed by atoms with Gasteiger partial charge in [-0.2, -0.15) is 0 Å². The maximum absolute atomic E-state index is 14.7. The van der Waals surface area contributed by atoms with E-state index in [-0.39, 0.29) is 12.7 Å². The van der Waals surface area contributed by atoms with Gasteiger partial charge in [-0.25, -0.2) is 4.39 Å². The van der Waals surface area contributed by atoms with Crippen molar-refractivity contribution >= 4 is 17.9 Å². The van der Waals surface area contributed by atoms with E-state index in [1.807, 2.05) is 0 Å². The lowest BCUT2D eigenvalue weighted by Crippen LogP contribution is -2.60. The summed E-state index contributed by atoms with van der Waals surface area (Å²) in [7, 11) is 0. The summed E-state index contributed by atoms with van der Waals surface area (Å²) >= 11 is 0. The third-order valence-electron chi connectivity index (χ3n) is 3.03. The fourth-order valence-corrected chi connectivity index (χ4v) is 2.24. The molecular formula is C15H23FO8. The van der Waals surface area contributed by atoms with Crippen molar-refractivity contribution in [2.24, 2.45) is 0 Å². The molecule has 1 fully saturated rings. The van der Waals surface area contributed by atoms with E-state index < -0.39 is 48.7 Å². The average Bonchev–Trinajstić information content (AvgIpc) is 2.42. The van der Waals surface area contributed by atoms with Crippen LogP contribution in [0.15, 0.2) is 0 Å². The standard InChI is InChI=1S/C15H23FO8/c1-7(2)21-15-12(16)14(23-10(5)19)13(22-9(4)18)11(24-15)6-20-8(3)17/h7,11-15H,6H2,1-5H3/t11?,12?,13-,14?,15-/m1/s1. The van der Waals surface area contributed by atoms with Crippen molar-refractivity contribution in [3.8, 4) is 0 Å². The fraction of sp³-hybridized carbons (Fsp3) is 0.800. The molecule has 0 N–H and O–H groups in total. The van der Waals surface area contributed by atoms with Crippen molar-refractivity contribution in [2.75, 3.05) is 6.61 Å². The van der Waals surface area contributed by atoms with Gasteiger partial charge in [-0.05, 0) is 13.8 Å². The van der Waals surface area contributed by atoms with Crippen molar-refractivity contribution in [3.63, 3.8) is 0 Å². The lowest BCUT2D eigenvalue weighted by molar-refractivity contribution is -0.299. The van der Waals surface area contributed by atoms with Crippen LogP contribution in [0.5, 0.6) is 0 Å². The first-order valence-electron chi connectivity index (χ1n) is 7.54. The minimum atomic E-state index is -1.88. The third-order valence-corrected chi connectivity index (χ3v) is 3.03. The van der Waals surface area contributed by atoms with Crippen molar-refractivity contribution in [2.45, 2.75) is 71.5 Å². The van der Waals surface area contributed by atoms with Gasteiger partial charge in [-0.3, -0.25) is 14.4 Å². The second-order valence-corrected chi connectivity index (χ2v) is 5.62. The van der Waals surface area contributed by atoms with Gasteiger partial charge in [0.1, 0.15) is 12.7 Å². The summed E-state index contributed by atoms with van der Waals surface area (Å²) in [5.74, 6) is -2.06. The minimum absolute atomic E-state index is 0.310. The Hall–Kier alpha value is -1.74. The van der Waals surface area contributed by atoms with Gasteiger partial charge in [0, 0.05) is 20.8 Å². The Kier molecular flexibility index (Phi) is 7.56. The first-order chi connectivity index (χ1) is 11.1. The second kappa shape index (κ2) is 8.93. The molecule has 0 saturated carbocycles. The number of hydrogen-bond acceptors (Lipinski definition) is 8. The molecule has 0 spiro atoms. The molecule has 0 aromatic carbocycles. The molecule has 0 aromatic rings. The molecule has 1 heterocycles. The summed E-state index contributed by atoms with van der Waals surface area (Å²) in [4.78, 5) is 33.6. The molecule has 0 bridgehead atoms. The van der Waals surface area contributed by atoms with Gasteiger partial charge < -0.3 is 23.7 Å². The molecule has 0 aliphatic carbocycles. The van der Waals surface area contributed by atoms with Crippen molar-refractivity contribution < 1.29 is 42.5 Å². The summed E-state index contributed by atoms with van der Waals surface area (Å²) < 4.78 is 40.3. The van der Waals surface area contributed by atoms with E-state index in [4.69, 9.17) is 23.7 Å². The molecular weight excluding hydrogens is 327 g/mol. The Bertz CT molecular complexity index is 466. The smallest absolute Gasteiger partial charge is 0.303 e. The number of rotatable bonds is 6. The Morgan fingerprint density at radius 1 is 1.00 bits per heavy atom. The van der Waals surface area contributed by atoms with E-state index in [0.717, 1.165) is 13.8 Å². The largest absolute Gasteiger partial charge is 0.463 e. The van der Waals surface area contributed by atoms with Crippen LogP contribution in [0, 0.1) is 0 Å².